The van der Waals surface area contributed by atoms with Gasteiger partial charge in [0.15, 0.2) is 5.75 Å². The molecule has 0 unspecified atom stereocenters. The van der Waals surface area contributed by atoms with Crippen LogP contribution in [0, 0.1) is 13.8 Å². The van der Waals surface area contributed by atoms with Crippen LogP contribution in [0.15, 0.2) is 30.3 Å². The van der Waals surface area contributed by atoms with Crippen molar-refractivity contribution < 1.29 is 14.6 Å². The van der Waals surface area contributed by atoms with Crippen molar-refractivity contribution in [1.82, 2.24) is 0 Å². The topological polar surface area (TPSA) is 72.5 Å². The van der Waals surface area contributed by atoms with Crippen molar-refractivity contribution in [1.29, 1.82) is 0 Å². The molecule has 2 aromatic carbocycles. The van der Waals surface area contributed by atoms with Crippen molar-refractivity contribution in [2.45, 2.75) is 13.8 Å². The fourth-order valence-corrected chi connectivity index (χ4v) is 2.02. The number of carboxylic acids is 1. The summed E-state index contributed by atoms with van der Waals surface area (Å²) in [6.07, 6.45) is 0. The number of halogens is 1. The van der Waals surface area contributed by atoms with Crippen molar-refractivity contribution in [3.8, 4) is 11.5 Å². The van der Waals surface area contributed by atoms with Crippen LogP contribution >= 0.6 is 11.6 Å². The van der Waals surface area contributed by atoms with Crippen molar-refractivity contribution in [2.24, 2.45) is 0 Å². The van der Waals surface area contributed by atoms with Gasteiger partial charge in [-0.1, -0.05) is 17.7 Å². The normalized spacial score (nSPS) is 10.3. The van der Waals surface area contributed by atoms with E-state index in [1.54, 1.807) is 24.3 Å². The molecule has 0 atom stereocenters. The molecule has 0 bridgehead atoms. The van der Waals surface area contributed by atoms with Crippen LogP contribution in [0.3, 0.4) is 0 Å². The van der Waals surface area contributed by atoms with Crippen LogP contribution < -0.4 is 10.5 Å². The summed E-state index contributed by atoms with van der Waals surface area (Å²) in [7, 11) is 0. The van der Waals surface area contributed by atoms with E-state index < -0.39 is 5.97 Å². The first kappa shape index (κ1) is 14.2. The number of aryl methyl sites for hydroxylation is 2. The third-order valence-corrected chi connectivity index (χ3v) is 3.53. The lowest BCUT2D eigenvalue weighted by Gasteiger charge is -2.12. The van der Waals surface area contributed by atoms with Crippen molar-refractivity contribution in [3.63, 3.8) is 0 Å². The van der Waals surface area contributed by atoms with Crippen molar-refractivity contribution in [3.05, 3.63) is 52.0 Å². The Morgan fingerprint density at radius 1 is 1.25 bits per heavy atom. The van der Waals surface area contributed by atoms with Gasteiger partial charge in [0.2, 0.25) is 0 Å². The Morgan fingerprint density at radius 3 is 2.40 bits per heavy atom. The Morgan fingerprint density at radius 2 is 1.85 bits per heavy atom. The number of aromatic carboxylic acids is 1. The predicted octanol–water partition coefficient (Wildman–Crippen LogP) is 4.03. The van der Waals surface area contributed by atoms with E-state index in [1.165, 1.54) is 6.07 Å². The van der Waals surface area contributed by atoms with Gasteiger partial charge in [0.1, 0.15) is 5.75 Å². The van der Waals surface area contributed by atoms with Crippen LogP contribution in [0.1, 0.15) is 21.5 Å². The molecule has 4 nitrogen and oxygen atoms in total. The summed E-state index contributed by atoms with van der Waals surface area (Å²) in [4.78, 5) is 11.0. The SMILES string of the molecule is Cc1cc(Oc2cccc(C(=O)O)c2N)cc(C)c1Cl. The molecule has 104 valence electrons. The Bertz CT molecular complexity index is 660. The molecule has 0 spiro atoms. The summed E-state index contributed by atoms with van der Waals surface area (Å²) in [5, 5.41) is 9.71. The molecule has 0 aliphatic carbocycles. The lowest BCUT2D eigenvalue weighted by atomic mass is 10.1. The first-order chi connectivity index (χ1) is 9.40. The average molecular weight is 292 g/mol. The number of nitrogens with two attached hydrogens (primary N) is 1. The van der Waals surface area contributed by atoms with Crippen LogP contribution in [0.4, 0.5) is 5.69 Å². The minimum absolute atomic E-state index is 0.0184. The molecule has 5 heteroatoms. The quantitative estimate of drug-likeness (QED) is 0.837. The molecular weight excluding hydrogens is 278 g/mol. The number of hydrogen-bond acceptors (Lipinski definition) is 3. The third-order valence-electron chi connectivity index (χ3n) is 2.93. The number of ether oxygens (including phenoxy) is 1. The van der Waals surface area contributed by atoms with Gasteiger partial charge < -0.3 is 15.6 Å². The van der Waals surface area contributed by atoms with Gasteiger partial charge in [-0.3, -0.25) is 0 Å². The molecule has 0 aromatic heterocycles. The lowest BCUT2D eigenvalue weighted by molar-refractivity contribution is 0.0697. The summed E-state index contributed by atoms with van der Waals surface area (Å²) in [5.74, 6) is -0.207. The molecule has 0 aliphatic rings. The van der Waals surface area contributed by atoms with E-state index >= 15 is 0 Å². The Labute approximate surface area is 121 Å². The zero-order valence-electron chi connectivity index (χ0n) is 11.1. The van der Waals surface area contributed by atoms with E-state index in [4.69, 9.17) is 27.2 Å². The molecule has 0 aliphatic heterocycles. The maximum Gasteiger partial charge on any atom is 0.337 e. The van der Waals surface area contributed by atoms with Crippen LogP contribution in [0.5, 0.6) is 11.5 Å². The molecule has 2 rings (SSSR count). The number of hydrogen-bond donors (Lipinski definition) is 2. The number of carboxylic acid groups (broad SMARTS) is 1. The average Bonchev–Trinajstić information content (AvgIpc) is 2.38. The molecular formula is C15H14ClNO3. The smallest absolute Gasteiger partial charge is 0.337 e. The molecule has 20 heavy (non-hydrogen) atoms. The van der Waals surface area contributed by atoms with E-state index in [2.05, 4.69) is 0 Å². The predicted molar refractivity (Wildman–Crippen MR) is 78.8 cm³/mol. The first-order valence-electron chi connectivity index (χ1n) is 5.96. The highest BCUT2D eigenvalue weighted by atomic mass is 35.5. The summed E-state index contributed by atoms with van der Waals surface area (Å²) >= 11 is 6.09. The number of carbonyl (C=O) groups is 1. The number of para-hydroxylation sites is 1. The van der Waals surface area contributed by atoms with Crippen LogP contribution in [0.2, 0.25) is 5.02 Å². The number of anilines is 1. The van der Waals surface area contributed by atoms with Gasteiger partial charge >= 0.3 is 5.97 Å². The summed E-state index contributed by atoms with van der Waals surface area (Å²) < 4.78 is 5.67. The Kier molecular flexibility index (Phi) is 3.86. The Balaban J connectivity index is 2.40. The van der Waals surface area contributed by atoms with Gasteiger partial charge in [0, 0.05) is 5.02 Å². The van der Waals surface area contributed by atoms with E-state index in [-0.39, 0.29) is 11.3 Å². The van der Waals surface area contributed by atoms with E-state index in [0.29, 0.717) is 16.5 Å². The van der Waals surface area contributed by atoms with Gasteiger partial charge in [0.05, 0.1) is 11.3 Å². The standard InChI is InChI=1S/C15H14ClNO3/c1-8-6-10(7-9(2)13(8)16)20-12-5-3-4-11(14(12)17)15(18)19/h3-7H,17H2,1-2H3,(H,18,19). The monoisotopic (exact) mass is 291 g/mol. The molecule has 3 N–H and O–H groups in total. The minimum atomic E-state index is -1.09. The molecule has 0 amide bonds. The largest absolute Gasteiger partial charge is 0.478 e. The number of rotatable bonds is 3. The Hall–Kier alpha value is -2.20. The molecule has 0 radical (unpaired) electrons. The van der Waals surface area contributed by atoms with Crippen LogP contribution in [0.25, 0.3) is 0 Å². The number of nitrogen functional groups attached to an aromatic ring is 1. The van der Waals surface area contributed by atoms with Gasteiger partial charge in [-0.15, -0.1) is 0 Å². The molecule has 0 fully saturated rings. The second-order valence-corrected chi connectivity index (χ2v) is 4.87. The minimum Gasteiger partial charge on any atom is -0.478 e. The highest BCUT2D eigenvalue weighted by Crippen LogP contribution is 2.33. The number of benzene rings is 2. The zero-order valence-corrected chi connectivity index (χ0v) is 11.9. The fraction of sp³-hybridized carbons (Fsp3) is 0.133. The maximum absolute atomic E-state index is 11.0. The van der Waals surface area contributed by atoms with Gasteiger partial charge in [0.25, 0.3) is 0 Å². The highest BCUT2D eigenvalue weighted by Gasteiger charge is 2.13. The third kappa shape index (κ3) is 2.70. The van der Waals surface area contributed by atoms with Crippen molar-refractivity contribution >= 4 is 23.3 Å². The zero-order chi connectivity index (χ0) is 14.9. The second kappa shape index (κ2) is 5.43. The van der Waals surface area contributed by atoms with E-state index in [0.717, 1.165) is 11.1 Å². The molecule has 0 saturated heterocycles. The highest BCUT2D eigenvalue weighted by molar-refractivity contribution is 6.32. The summed E-state index contributed by atoms with van der Waals surface area (Å²) in [6.45, 7) is 3.75. The maximum atomic E-state index is 11.0. The van der Waals surface area contributed by atoms with Crippen LogP contribution in [-0.4, -0.2) is 11.1 Å². The van der Waals surface area contributed by atoms with Gasteiger partial charge in [-0.05, 0) is 49.2 Å². The fourth-order valence-electron chi connectivity index (χ4n) is 1.91. The van der Waals surface area contributed by atoms with Gasteiger partial charge in [-0.25, -0.2) is 4.79 Å². The first-order valence-corrected chi connectivity index (χ1v) is 6.34. The summed E-state index contributed by atoms with van der Waals surface area (Å²) in [6, 6.07) is 8.21. The second-order valence-electron chi connectivity index (χ2n) is 4.50. The summed E-state index contributed by atoms with van der Waals surface area (Å²) in [5.41, 5.74) is 7.69. The van der Waals surface area contributed by atoms with Crippen LogP contribution in [-0.2, 0) is 0 Å². The molecule has 2 aromatic rings. The molecule has 0 saturated carbocycles. The van der Waals surface area contributed by atoms with Crippen molar-refractivity contribution in [2.75, 3.05) is 5.73 Å². The molecule has 0 heterocycles. The van der Waals surface area contributed by atoms with Gasteiger partial charge in [-0.2, -0.15) is 0 Å². The van der Waals surface area contributed by atoms with E-state index in [9.17, 15) is 4.79 Å². The van der Waals surface area contributed by atoms with E-state index in [1.807, 2.05) is 13.8 Å². The lowest BCUT2D eigenvalue weighted by Crippen LogP contribution is -2.03.